The summed E-state index contributed by atoms with van der Waals surface area (Å²) in [5.74, 6) is 1.86. The van der Waals surface area contributed by atoms with Gasteiger partial charge >= 0.3 is 0 Å². The molecule has 0 radical (unpaired) electrons. The van der Waals surface area contributed by atoms with Gasteiger partial charge in [0, 0.05) is 61.2 Å². The summed E-state index contributed by atoms with van der Waals surface area (Å²) in [6, 6.07) is 112. The van der Waals surface area contributed by atoms with Crippen LogP contribution in [0.2, 0.25) is 0 Å². The molecule has 5 heteroatoms. The van der Waals surface area contributed by atoms with E-state index in [-0.39, 0.29) is 5.41 Å². The third-order valence-electron chi connectivity index (χ3n) is 18.4. The van der Waals surface area contributed by atoms with Crippen molar-refractivity contribution in [2.75, 3.05) is 4.90 Å². The minimum atomic E-state index is -0.310. The normalized spacial score (nSPS) is 12.5. The molecule has 17 rings (SSSR count). The second-order valence-electron chi connectivity index (χ2n) is 23.9. The summed E-state index contributed by atoms with van der Waals surface area (Å²) in [6.45, 7) is 4.82. The maximum atomic E-state index is 5.23. The van der Waals surface area contributed by atoms with E-state index in [1.807, 2.05) is 36.4 Å². The highest BCUT2D eigenvalue weighted by molar-refractivity contribution is 6.27. The molecule has 0 fully saturated rings. The summed E-state index contributed by atoms with van der Waals surface area (Å²) in [5.41, 5.74) is 21.1. The average molecular weight is 1140 g/mol. The zero-order valence-electron chi connectivity index (χ0n) is 49.2. The van der Waals surface area contributed by atoms with Crippen molar-refractivity contribution >= 4 is 71.2 Å². The van der Waals surface area contributed by atoms with Gasteiger partial charge in [-0.2, -0.15) is 0 Å². The van der Waals surface area contributed by atoms with Gasteiger partial charge in [0.05, 0.1) is 11.0 Å². The molecule has 418 valence electrons. The number of fused-ring (bicyclic) bond motifs is 13. The molecule has 0 bridgehead atoms. The number of nitrogens with zero attached hydrogens (tertiary/aromatic N) is 5. The fourth-order valence-corrected chi connectivity index (χ4v) is 14.1. The van der Waals surface area contributed by atoms with Crippen molar-refractivity contribution in [3.05, 3.63) is 321 Å². The third-order valence-corrected chi connectivity index (χ3v) is 18.4. The van der Waals surface area contributed by atoms with Gasteiger partial charge in [0.25, 0.3) is 0 Å². The molecule has 0 atom stereocenters. The smallest absolute Gasteiger partial charge is 0.164 e. The van der Waals surface area contributed by atoms with Crippen LogP contribution in [0.4, 0.5) is 17.1 Å². The van der Waals surface area contributed by atoms with Crippen LogP contribution >= 0.6 is 0 Å². The molecule has 2 aromatic heterocycles. The minimum Gasteiger partial charge on any atom is -0.310 e. The van der Waals surface area contributed by atoms with Crippen molar-refractivity contribution < 1.29 is 0 Å². The Kier molecular flexibility index (Phi) is 12.2. The number of hydrogen-bond donors (Lipinski definition) is 0. The lowest BCUT2D eigenvalue weighted by Gasteiger charge is -2.27. The Morgan fingerprint density at radius 3 is 1.30 bits per heavy atom. The number of rotatable bonds is 10. The number of benzene rings is 14. The molecule has 0 amide bonds. The first kappa shape index (κ1) is 51.9. The van der Waals surface area contributed by atoms with Crippen molar-refractivity contribution in [3.63, 3.8) is 0 Å². The van der Waals surface area contributed by atoms with Crippen LogP contribution < -0.4 is 4.90 Å². The molecule has 0 saturated heterocycles. The predicted molar refractivity (Wildman–Crippen MR) is 372 cm³/mol. The number of anilines is 3. The summed E-state index contributed by atoms with van der Waals surface area (Å²) in [5, 5.41) is 9.98. The van der Waals surface area contributed by atoms with Crippen LogP contribution in [0.5, 0.6) is 0 Å². The molecule has 0 saturated carbocycles. The Morgan fingerprint density at radius 1 is 0.281 bits per heavy atom. The van der Waals surface area contributed by atoms with Gasteiger partial charge in [-0.1, -0.05) is 250 Å². The second kappa shape index (κ2) is 20.9. The molecule has 1 aliphatic rings. The van der Waals surface area contributed by atoms with Gasteiger partial charge in [-0.15, -0.1) is 0 Å². The van der Waals surface area contributed by atoms with Gasteiger partial charge in [0.1, 0.15) is 0 Å². The van der Waals surface area contributed by atoms with E-state index < -0.39 is 0 Å². The molecule has 0 spiro atoms. The van der Waals surface area contributed by atoms with Crippen molar-refractivity contribution in [2.45, 2.75) is 19.3 Å². The summed E-state index contributed by atoms with van der Waals surface area (Å²) >= 11 is 0. The van der Waals surface area contributed by atoms with E-state index in [2.05, 4.69) is 296 Å². The molecule has 89 heavy (non-hydrogen) atoms. The molecule has 0 N–H and O–H groups in total. The molecular formula is C84H57N5. The van der Waals surface area contributed by atoms with E-state index in [0.717, 1.165) is 61.6 Å². The molecule has 14 aromatic carbocycles. The maximum absolute atomic E-state index is 5.23. The highest BCUT2D eigenvalue weighted by Crippen LogP contribution is 2.55. The molecule has 0 unspecified atom stereocenters. The van der Waals surface area contributed by atoms with Crippen molar-refractivity contribution in [1.82, 2.24) is 19.5 Å². The number of aromatic nitrogens is 4. The van der Waals surface area contributed by atoms with Gasteiger partial charge in [-0.05, 0) is 155 Å². The van der Waals surface area contributed by atoms with E-state index in [1.165, 1.54) is 87.6 Å². The van der Waals surface area contributed by atoms with Crippen molar-refractivity contribution in [1.29, 1.82) is 0 Å². The Balaban J connectivity index is 0.878. The van der Waals surface area contributed by atoms with Gasteiger partial charge < -0.3 is 9.47 Å². The van der Waals surface area contributed by atoms with Crippen LogP contribution in [0.25, 0.3) is 138 Å². The first-order chi connectivity index (χ1) is 43.9. The zero-order chi connectivity index (χ0) is 59.2. The third kappa shape index (κ3) is 8.72. The Morgan fingerprint density at radius 2 is 0.719 bits per heavy atom. The van der Waals surface area contributed by atoms with Crippen LogP contribution in [-0.2, 0) is 5.41 Å². The first-order valence-electron chi connectivity index (χ1n) is 30.6. The molecule has 16 aromatic rings. The van der Waals surface area contributed by atoms with Crippen LogP contribution in [0.3, 0.4) is 0 Å². The lowest BCUT2D eigenvalue weighted by atomic mass is 9.81. The molecule has 2 heterocycles. The van der Waals surface area contributed by atoms with Crippen molar-refractivity contribution in [2.24, 2.45) is 0 Å². The van der Waals surface area contributed by atoms with Crippen LogP contribution in [0.15, 0.2) is 309 Å². The Bertz CT molecular complexity index is 5380. The summed E-state index contributed by atoms with van der Waals surface area (Å²) in [7, 11) is 0. The predicted octanol–water partition coefficient (Wildman–Crippen LogP) is 22.2. The van der Waals surface area contributed by atoms with E-state index in [0.29, 0.717) is 17.5 Å². The fraction of sp³-hybridized carbons (Fsp3) is 0.0357. The first-order valence-corrected chi connectivity index (χ1v) is 30.6. The molecule has 0 aliphatic heterocycles. The lowest BCUT2D eigenvalue weighted by Crippen LogP contribution is -2.15. The largest absolute Gasteiger partial charge is 0.310 e. The maximum Gasteiger partial charge on any atom is 0.164 e. The van der Waals surface area contributed by atoms with E-state index >= 15 is 0 Å². The van der Waals surface area contributed by atoms with Crippen LogP contribution in [0, 0.1) is 0 Å². The van der Waals surface area contributed by atoms with Gasteiger partial charge in [-0.3, -0.25) is 0 Å². The van der Waals surface area contributed by atoms with Crippen molar-refractivity contribution in [3.8, 4) is 84.4 Å². The van der Waals surface area contributed by atoms with Gasteiger partial charge in [0.15, 0.2) is 17.5 Å². The quantitative estimate of drug-likeness (QED) is 0.128. The standard InChI is InChI=1S/C84H57N5/c1-84(2)76-46-45-71-74-51-61(60-31-20-34-65(49-60)88(63-43-40-56(41-44-63)54-22-7-3-8-23-54)64-33-19-30-59(48-64)55-24-9-4-10-25-55)42-47-78(74)89(80(71)79(76)75-52-72-69-38-17-15-36-67(69)68-37-16-18-39-70(68)73(72)53-77(75)84)66-35-21-32-62(50-66)83-86-81(57-26-11-5-12-27-57)85-82(87-83)58-28-13-6-14-29-58/h3-53H,1-2H3. The summed E-state index contributed by atoms with van der Waals surface area (Å²) < 4.78 is 2.51. The molecule has 1 aliphatic carbocycles. The summed E-state index contributed by atoms with van der Waals surface area (Å²) in [6.07, 6.45) is 0. The van der Waals surface area contributed by atoms with E-state index in [4.69, 9.17) is 15.0 Å². The van der Waals surface area contributed by atoms with Gasteiger partial charge in [-0.25, -0.2) is 15.0 Å². The summed E-state index contributed by atoms with van der Waals surface area (Å²) in [4.78, 5) is 17.9. The highest BCUT2D eigenvalue weighted by atomic mass is 15.1. The number of hydrogen-bond acceptors (Lipinski definition) is 4. The second-order valence-corrected chi connectivity index (χ2v) is 23.9. The zero-order valence-corrected chi connectivity index (χ0v) is 49.2. The van der Waals surface area contributed by atoms with E-state index in [1.54, 1.807) is 0 Å². The SMILES string of the molecule is CC1(C)c2cc3c4ccccc4c4ccccc4c3cc2-c2c1ccc1c3cc(-c4cccc(N(c5ccc(-c6ccccc6)cc5)c5cccc(-c6ccccc6)c5)c4)ccc3n(-c3cccc(-c4nc(-c5ccccc5)nc(-c5ccccc5)n4)c3)c21. The van der Waals surface area contributed by atoms with Crippen LogP contribution in [0.1, 0.15) is 25.0 Å². The Labute approximate surface area is 516 Å². The fourth-order valence-electron chi connectivity index (χ4n) is 14.1. The molecular weight excluding hydrogens is 1080 g/mol. The highest BCUT2D eigenvalue weighted by Gasteiger charge is 2.39. The lowest BCUT2D eigenvalue weighted by molar-refractivity contribution is 0.661. The average Bonchev–Trinajstić information content (AvgIpc) is 1.55. The monoisotopic (exact) mass is 1140 g/mol. The van der Waals surface area contributed by atoms with E-state index in [9.17, 15) is 0 Å². The van der Waals surface area contributed by atoms with Crippen LogP contribution in [-0.4, -0.2) is 19.5 Å². The minimum absolute atomic E-state index is 0.310. The topological polar surface area (TPSA) is 46.8 Å². The Hall–Kier alpha value is -11.5. The molecule has 5 nitrogen and oxygen atoms in total. The van der Waals surface area contributed by atoms with Gasteiger partial charge in [0.2, 0.25) is 0 Å².